The highest BCUT2D eigenvalue weighted by Gasteiger charge is 2.52. The van der Waals surface area contributed by atoms with E-state index in [1.165, 1.54) is 85.6 Å². The molecule has 4 aliphatic heterocycles. The second kappa shape index (κ2) is 31.9. The number of hydrogen-bond donors (Lipinski definition) is 3. The number of allylic oxidation sites excluding steroid dienone is 1. The summed E-state index contributed by atoms with van der Waals surface area (Å²) in [5.41, 5.74) is 41.2. The zero-order chi connectivity index (χ0) is 72.6. The van der Waals surface area contributed by atoms with Crippen LogP contribution in [0.4, 0.5) is 34.1 Å². The second-order valence-electron chi connectivity index (χ2n) is 29.4. The van der Waals surface area contributed by atoms with Gasteiger partial charge in [-0.3, -0.25) is 19.4 Å². The van der Waals surface area contributed by atoms with Crippen molar-refractivity contribution in [2.45, 2.75) is 193 Å². The van der Waals surface area contributed by atoms with Gasteiger partial charge in [0.05, 0.1) is 42.4 Å². The van der Waals surface area contributed by atoms with Crippen LogP contribution in [0.3, 0.4) is 0 Å². The molecule has 105 heavy (non-hydrogen) atoms. The van der Waals surface area contributed by atoms with E-state index in [9.17, 15) is 15.3 Å². The van der Waals surface area contributed by atoms with E-state index in [1.807, 2.05) is 79.1 Å². The van der Waals surface area contributed by atoms with Crippen molar-refractivity contribution in [3.8, 4) is 22.3 Å². The van der Waals surface area contributed by atoms with E-state index in [0.29, 0.717) is 22.5 Å². The predicted molar refractivity (Wildman–Crippen MR) is 428 cm³/mol. The van der Waals surface area contributed by atoms with Crippen molar-refractivity contribution < 1.29 is 24.9 Å². The Hall–Kier alpha value is -10.4. The van der Waals surface area contributed by atoms with Crippen molar-refractivity contribution in [2.24, 2.45) is 0 Å². The van der Waals surface area contributed by atoms with Gasteiger partial charge in [0.1, 0.15) is 0 Å². The van der Waals surface area contributed by atoms with Crippen LogP contribution in [-0.4, -0.2) is 36.9 Å². The molecule has 6 aliphatic rings. The zero-order valence-corrected chi connectivity index (χ0v) is 61.5. The molecule has 2 aliphatic carbocycles. The highest BCUT2D eigenvalue weighted by molar-refractivity contribution is 6.32. The summed E-state index contributed by atoms with van der Waals surface area (Å²) in [6, 6.07) is 56.1. The number of hydrogen-bond acceptors (Lipinski definition) is 7. The van der Waals surface area contributed by atoms with Crippen LogP contribution in [0.5, 0.6) is 0 Å². The number of nitrogens with zero attached hydrogens (tertiary/aromatic N) is 4. The first-order chi connectivity index (χ1) is 51.5. The van der Waals surface area contributed by atoms with E-state index in [1.54, 1.807) is 9.80 Å². The summed E-state index contributed by atoms with van der Waals surface area (Å²) in [4.78, 5) is 40.1. The van der Waals surface area contributed by atoms with E-state index in [2.05, 4.69) is 188 Å². The Morgan fingerprint density at radius 1 is 0.400 bits per heavy atom. The maximum atomic E-state index is 16.0. The zero-order valence-electron chi connectivity index (χ0n) is 61.5. The third kappa shape index (κ3) is 13.7. The van der Waals surface area contributed by atoms with E-state index >= 15 is 9.59 Å². The summed E-state index contributed by atoms with van der Waals surface area (Å²) in [7, 11) is 0. The molecule has 0 radical (unpaired) electrons. The SMILES string of the molecule is C=C=C=C=C=C=C=CC1(CCCCCCCC)c2cc(N(c3ccc(CO)cc3)c3ccc(CO)cc3)ccc2-c2cc3c(cc21)C1=C2C(=O)N4C=Cc5cc6c(cc5C4=C2C(=O)N1C=C3)C(CCCCCCCC)(CCCCCCCC)c1cc(N(c2ccc(C)cc2)c2ccc(CO)cc2)ccc1-6. The fraction of sp³-hybridized carbons (Fsp3) is 0.312. The van der Waals surface area contributed by atoms with Crippen molar-refractivity contribution in [3.05, 3.63) is 295 Å². The van der Waals surface area contributed by atoms with Crippen molar-refractivity contribution in [3.63, 3.8) is 0 Å². The lowest BCUT2D eigenvalue weighted by Crippen LogP contribution is -2.28. The van der Waals surface area contributed by atoms with Gasteiger partial charge in [-0.15, -0.1) is 0 Å². The Bertz CT molecular complexity index is 4960. The average Bonchev–Trinajstić information content (AvgIpc) is 1.53. The van der Waals surface area contributed by atoms with Crippen molar-refractivity contribution in [1.82, 2.24) is 9.80 Å². The molecule has 8 aromatic carbocycles. The normalized spacial score (nSPS) is 15.5. The van der Waals surface area contributed by atoms with Crippen LogP contribution in [-0.2, 0) is 40.2 Å². The minimum absolute atomic E-state index is 0.0297. The summed E-state index contributed by atoms with van der Waals surface area (Å²) in [5.74, 6) is -0.438. The topological polar surface area (TPSA) is 108 Å². The molecule has 0 saturated carbocycles. The Morgan fingerprint density at radius 2 is 0.771 bits per heavy atom. The number of benzene rings is 8. The predicted octanol–water partition coefficient (Wildman–Crippen LogP) is 23.1. The largest absolute Gasteiger partial charge is 0.392 e. The number of unbranched alkanes of at least 4 members (excludes halogenated alkanes) is 15. The lowest BCUT2D eigenvalue weighted by atomic mass is 9.70. The molecule has 3 N–H and O–H groups in total. The number of carbonyl (C=O) groups excluding carboxylic acids is 2. The summed E-state index contributed by atoms with van der Waals surface area (Å²) < 4.78 is 0. The Morgan fingerprint density at radius 3 is 1.23 bits per heavy atom. The lowest BCUT2D eigenvalue weighted by molar-refractivity contribution is -0.122. The van der Waals surface area contributed by atoms with Gasteiger partial charge in [0.2, 0.25) is 0 Å². The van der Waals surface area contributed by atoms with Gasteiger partial charge in [0.15, 0.2) is 0 Å². The number of aliphatic hydroxyl groups is 3. The maximum Gasteiger partial charge on any atom is 0.265 e. The molecular weight excluding hydrogens is 1290 g/mol. The van der Waals surface area contributed by atoms with Gasteiger partial charge in [-0.2, -0.15) is 0 Å². The van der Waals surface area contributed by atoms with Crippen LogP contribution in [0.1, 0.15) is 222 Å². The highest BCUT2D eigenvalue weighted by atomic mass is 16.3. The van der Waals surface area contributed by atoms with Crippen LogP contribution < -0.4 is 9.80 Å². The number of anilines is 6. The fourth-order valence-corrected chi connectivity index (χ4v) is 17.4. The Kier molecular flexibility index (Phi) is 21.7. The molecular formula is C96H96N4O5. The van der Waals surface area contributed by atoms with E-state index in [4.69, 9.17) is 0 Å². The quantitative estimate of drug-likeness (QED) is 0.0293. The molecule has 4 heterocycles. The number of fused-ring (bicyclic) bond motifs is 13. The molecule has 0 spiro atoms. The lowest BCUT2D eigenvalue weighted by Gasteiger charge is -2.35. The number of aryl methyl sites for hydroxylation is 1. The van der Waals surface area contributed by atoms with Crippen molar-refractivity contribution in [2.75, 3.05) is 9.80 Å². The second-order valence-corrected chi connectivity index (χ2v) is 29.4. The number of amides is 2. The van der Waals surface area contributed by atoms with E-state index in [0.717, 1.165) is 172 Å². The molecule has 1 atom stereocenters. The molecule has 0 fully saturated rings. The molecule has 14 rings (SSSR count). The van der Waals surface area contributed by atoms with E-state index < -0.39 is 5.41 Å². The van der Waals surface area contributed by atoms with Gasteiger partial charge >= 0.3 is 0 Å². The third-order valence-electron chi connectivity index (χ3n) is 22.8. The van der Waals surface area contributed by atoms with Crippen LogP contribution in [0, 0.1) is 6.92 Å². The first kappa shape index (κ1) is 71.5. The molecule has 530 valence electrons. The smallest absolute Gasteiger partial charge is 0.265 e. The van der Waals surface area contributed by atoms with Gasteiger partial charge in [-0.05, 0) is 243 Å². The Balaban J connectivity index is 0.938. The van der Waals surface area contributed by atoms with Gasteiger partial charge in [0, 0.05) is 68.5 Å². The van der Waals surface area contributed by atoms with Crippen LogP contribution >= 0.6 is 0 Å². The van der Waals surface area contributed by atoms with Crippen molar-refractivity contribution in [1.29, 1.82) is 0 Å². The fourth-order valence-electron chi connectivity index (χ4n) is 17.4. The highest BCUT2D eigenvalue weighted by Crippen LogP contribution is 2.61. The molecule has 9 nitrogen and oxygen atoms in total. The van der Waals surface area contributed by atoms with Crippen LogP contribution in [0.2, 0.25) is 0 Å². The monoisotopic (exact) mass is 1380 g/mol. The van der Waals surface area contributed by atoms with Crippen LogP contribution in [0.15, 0.2) is 228 Å². The number of rotatable bonds is 31. The maximum absolute atomic E-state index is 16.0. The van der Waals surface area contributed by atoms with E-state index in [-0.39, 0.29) is 37.0 Å². The van der Waals surface area contributed by atoms with Crippen LogP contribution in [0.25, 0.3) is 45.8 Å². The number of aliphatic hydroxyl groups excluding tert-OH is 3. The third-order valence-corrected chi connectivity index (χ3v) is 22.8. The minimum atomic E-state index is -0.790. The molecule has 8 aromatic rings. The first-order valence-corrected chi connectivity index (χ1v) is 38.6. The molecule has 0 aromatic heterocycles. The van der Waals surface area contributed by atoms with Gasteiger partial charge < -0.3 is 25.1 Å². The van der Waals surface area contributed by atoms with Gasteiger partial charge in [-0.1, -0.05) is 214 Å². The molecule has 0 bridgehead atoms. The summed E-state index contributed by atoms with van der Waals surface area (Å²) in [6.45, 7) is 12.4. The molecule has 0 saturated heterocycles. The first-order valence-electron chi connectivity index (χ1n) is 38.6. The minimum Gasteiger partial charge on any atom is -0.392 e. The van der Waals surface area contributed by atoms with Gasteiger partial charge in [0.25, 0.3) is 11.8 Å². The van der Waals surface area contributed by atoms with Gasteiger partial charge in [-0.25, -0.2) is 0 Å². The molecule has 2 amide bonds. The summed E-state index contributed by atoms with van der Waals surface area (Å²) in [5, 5.41) is 30.5. The number of carbonyl (C=O) groups is 2. The summed E-state index contributed by atoms with van der Waals surface area (Å²) in [6.07, 6.45) is 33.3. The molecule has 1 unspecified atom stereocenters. The average molecular weight is 1390 g/mol. The Labute approximate surface area is 620 Å². The van der Waals surface area contributed by atoms with Crippen molar-refractivity contribution >= 4 is 69.5 Å². The molecule has 9 heteroatoms. The standard InChI is InChI=1S/C96H96N4O5/c1-6-10-14-18-22-26-52-95(53-27-23-19-15-11-7-2)85-60-77(99(73-38-30-67(5)31-39-73)74-40-32-68(64-101)33-41-74)46-48-79(85)83-58-71-50-56-97-91(81(71)62-87(83)95)89-90(94(97)105)92-82-63-88-84(59-72(82)51-57-98(92)93(89)104)80-49-47-78(100(75-42-34-69(65-102)35-43-75)76-44-36-70(66-103)37-45-76)61-86(80)96(88,54-28-24-20-16-12-8-3)55-29-25-21-17-13-9-4/h30-51,54,56-63,101-103H,3,6-7,9-11,13-15,17-19,21-23,25-27,29,52-53,55,64-66H2,1-2,4-5H3. The summed E-state index contributed by atoms with van der Waals surface area (Å²) >= 11 is 0.